The maximum absolute atomic E-state index is 13.3. The van der Waals surface area contributed by atoms with Gasteiger partial charge in [-0.3, -0.25) is 4.79 Å². The van der Waals surface area contributed by atoms with Crippen molar-refractivity contribution in [3.8, 4) is 0 Å². The topological polar surface area (TPSA) is 105 Å². The van der Waals surface area contributed by atoms with Crippen LogP contribution >= 0.6 is 0 Å². The summed E-state index contributed by atoms with van der Waals surface area (Å²) < 4.78 is 17.6. The van der Waals surface area contributed by atoms with Gasteiger partial charge in [-0.25, -0.2) is 14.0 Å². The van der Waals surface area contributed by atoms with E-state index in [0.29, 0.717) is 0 Å². The van der Waals surface area contributed by atoms with Gasteiger partial charge in [0.05, 0.1) is 19.2 Å². The lowest BCUT2D eigenvalue weighted by molar-refractivity contribution is -0.147. The second-order valence-electron chi connectivity index (χ2n) is 3.75. The van der Waals surface area contributed by atoms with Crippen molar-refractivity contribution in [3.05, 3.63) is 30.1 Å². The molecule has 0 radical (unpaired) electrons. The number of anilines is 1. The van der Waals surface area contributed by atoms with Gasteiger partial charge in [-0.05, 0) is 12.1 Å². The quantitative estimate of drug-likeness (QED) is 0.699. The van der Waals surface area contributed by atoms with Crippen LogP contribution in [0.4, 0.5) is 14.9 Å². The highest BCUT2D eigenvalue weighted by Crippen LogP contribution is 2.12. The molecule has 1 aromatic carbocycles. The second-order valence-corrected chi connectivity index (χ2v) is 3.75. The van der Waals surface area contributed by atoms with E-state index in [0.717, 1.165) is 13.2 Å². The van der Waals surface area contributed by atoms with Crippen molar-refractivity contribution in [2.24, 2.45) is 0 Å². The molecule has 0 aliphatic heterocycles. The highest BCUT2D eigenvalue weighted by molar-refractivity contribution is 5.93. The van der Waals surface area contributed by atoms with E-state index >= 15 is 0 Å². The molecule has 0 unspecified atom stereocenters. The van der Waals surface area contributed by atoms with Gasteiger partial charge in [0.2, 0.25) is 0 Å². The molecule has 0 bridgehead atoms. The van der Waals surface area contributed by atoms with Gasteiger partial charge in [0.15, 0.2) is 0 Å². The first-order chi connectivity index (χ1) is 9.43. The minimum atomic E-state index is -1.46. The van der Waals surface area contributed by atoms with Crippen molar-refractivity contribution in [1.82, 2.24) is 5.32 Å². The number of halogens is 1. The first-order valence-corrected chi connectivity index (χ1v) is 5.55. The van der Waals surface area contributed by atoms with E-state index in [-0.39, 0.29) is 5.69 Å². The number of aliphatic carboxylic acids is 1. The van der Waals surface area contributed by atoms with Crippen LogP contribution in [-0.2, 0) is 14.3 Å². The van der Waals surface area contributed by atoms with Gasteiger partial charge in [0.25, 0.3) is 0 Å². The molecule has 0 aromatic heterocycles. The van der Waals surface area contributed by atoms with E-state index in [1.807, 2.05) is 5.32 Å². The standard InChI is InChI=1S/C12H13FN2O5/c1-20-10(16)6-9(11(17)18)15-12(19)14-8-5-3-2-4-7(8)13/h2-5,9H,6H2,1H3,(H,17,18)(H2,14,15,19)/t9-/m0/s1. The molecule has 0 saturated carbocycles. The summed E-state index contributed by atoms with van der Waals surface area (Å²) in [5.74, 6) is -2.86. The normalized spacial score (nSPS) is 11.3. The fourth-order valence-corrected chi connectivity index (χ4v) is 1.33. The number of esters is 1. The first kappa shape index (κ1) is 15.4. The Morgan fingerprint density at radius 2 is 2.00 bits per heavy atom. The maximum Gasteiger partial charge on any atom is 0.326 e. The number of ether oxygens (including phenoxy) is 1. The average Bonchev–Trinajstić information content (AvgIpc) is 2.40. The number of carbonyl (C=O) groups is 3. The van der Waals surface area contributed by atoms with Crippen molar-refractivity contribution in [1.29, 1.82) is 0 Å². The van der Waals surface area contributed by atoms with Gasteiger partial charge in [-0.2, -0.15) is 0 Å². The number of carbonyl (C=O) groups excluding carboxylic acids is 2. The number of para-hydroxylation sites is 1. The number of rotatable bonds is 5. The summed E-state index contributed by atoms with van der Waals surface area (Å²) in [7, 11) is 1.10. The van der Waals surface area contributed by atoms with Crippen LogP contribution in [0.2, 0.25) is 0 Å². The van der Waals surface area contributed by atoms with E-state index in [1.165, 1.54) is 18.2 Å². The summed E-state index contributed by atoms with van der Waals surface area (Å²) in [6.07, 6.45) is -0.531. The third-order valence-electron chi connectivity index (χ3n) is 2.32. The van der Waals surface area contributed by atoms with Crippen LogP contribution in [0.1, 0.15) is 6.42 Å². The molecule has 0 heterocycles. The molecule has 0 fully saturated rings. The third-order valence-corrected chi connectivity index (χ3v) is 2.32. The van der Waals surface area contributed by atoms with Crippen molar-refractivity contribution >= 4 is 23.7 Å². The predicted molar refractivity (Wildman–Crippen MR) is 66.6 cm³/mol. The van der Waals surface area contributed by atoms with E-state index in [9.17, 15) is 18.8 Å². The van der Waals surface area contributed by atoms with Crippen LogP contribution < -0.4 is 10.6 Å². The van der Waals surface area contributed by atoms with Crippen LogP contribution in [0.3, 0.4) is 0 Å². The summed E-state index contributed by atoms with van der Waals surface area (Å²) in [6, 6.07) is 2.99. The number of carboxylic acid groups (broad SMARTS) is 1. The Morgan fingerprint density at radius 1 is 1.35 bits per heavy atom. The molecule has 1 atom stereocenters. The molecule has 0 spiro atoms. The molecule has 0 aliphatic carbocycles. The Bertz CT molecular complexity index is 520. The molecule has 1 aromatic rings. The van der Waals surface area contributed by atoms with E-state index in [2.05, 4.69) is 10.1 Å². The molecule has 1 rings (SSSR count). The summed E-state index contributed by atoms with van der Waals surface area (Å²) in [6.45, 7) is 0. The van der Waals surface area contributed by atoms with Gasteiger partial charge in [0, 0.05) is 0 Å². The number of amides is 2. The summed E-state index contributed by atoms with van der Waals surface area (Å²) >= 11 is 0. The predicted octanol–water partition coefficient (Wildman–Crippen LogP) is 0.964. The minimum Gasteiger partial charge on any atom is -0.480 e. The summed E-state index contributed by atoms with van der Waals surface area (Å²) in [5, 5.41) is 13.0. The van der Waals surface area contributed by atoms with Crippen LogP contribution in [0.15, 0.2) is 24.3 Å². The van der Waals surface area contributed by atoms with Crippen LogP contribution in [-0.4, -0.2) is 36.2 Å². The molecule has 3 N–H and O–H groups in total. The fraction of sp³-hybridized carbons (Fsp3) is 0.250. The molecule has 0 aliphatic rings. The zero-order valence-electron chi connectivity index (χ0n) is 10.6. The third kappa shape index (κ3) is 4.56. The number of carboxylic acids is 1. The van der Waals surface area contributed by atoms with E-state index in [1.54, 1.807) is 0 Å². The smallest absolute Gasteiger partial charge is 0.326 e. The van der Waals surface area contributed by atoms with Crippen molar-refractivity contribution in [2.45, 2.75) is 12.5 Å². The molecule has 7 nitrogen and oxygen atoms in total. The van der Waals surface area contributed by atoms with Crippen LogP contribution in [0, 0.1) is 5.82 Å². The number of urea groups is 1. The van der Waals surface area contributed by atoms with Gasteiger partial charge in [-0.1, -0.05) is 12.1 Å². The number of hydrogen-bond acceptors (Lipinski definition) is 4. The highest BCUT2D eigenvalue weighted by atomic mass is 19.1. The lowest BCUT2D eigenvalue weighted by Crippen LogP contribution is -2.44. The van der Waals surface area contributed by atoms with Gasteiger partial charge >= 0.3 is 18.0 Å². The molecule has 0 saturated heterocycles. The largest absolute Gasteiger partial charge is 0.480 e. The SMILES string of the molecule is COC(=O)C[C@H](NC(=O)Nc1ccccc1F)C(=O)O. The van der Waals surface area contributed by atoms with Crippen molar-refractivity contribution in [2.75, 3.05) is 12.4 Å². The summed E-state index contributed by atoms with van der Waals surface area (Å²) in [4.78, 5) is 33.4. The Balaban J connectivity index is 2.65. The molecular formula is C12H13FN2O5. The Kier molecular flexibility index (Phi) is 5.45. The average molecular weight is 284 g/mol. The number of nitrogens with one attached hydrogen (secondary N) is 2. The van der Waals surface area contributed by atoms with Gasteiger partial charge in [0.1, 0.15) is 11.9 Å². The van der Waals surface area contributed by atoms with E-state index < -0.39 is 36.2 Å². The molecular weight excluding hydrogens is 271 g/mol. The van der Waals surface area contributed by atoms with Crippen LogP contribution in [0.5, 0.6) is 0 Å². The first-order valence-electron chi connectivity index (χ1n) is 5.55. The summed E-state index contributed by atoms with van der Waals surface area (Å²) in [5.41, 5.74) is -0.104. The second kappa shape index (κ2) is 7.07. The maximum atomic E-state index is 13.3. The molecule has 108 valence electrons. The zero-order valence-corrected chi connectivity index (χ0v) is 10.6. The molecule has 20 heavy (non-hydrogen) atoms. The van der Waals surface area contributed by atoms with Gasteiger partial charge in [-0.15, -0.1) is 0 Å². The lowest BCUT2D eigenvalue weighted by atomic mass is 10.2. The van der Waals surface area contributed by atoms with E-state index in [4.69, 9.17) is 5.11 Å². The monoisotopic (exact) mass is 284 g/mol. The minimum absolute atomic E-state index is 0.104. The fourth-order valence-electron chi connectivity index (χ4n) is 1.33. The Morgan fingerprint density at radius 3 is 2.55 bits per heavy atom. The number of hydrogen-bond donors (Lipinski definition) is 3. The molecule has 2 amide bonds. The zero-order chi connectivity index (χ0) is 15.1. The van der Waals surface area contributed by atoms with Crippen molar-refractivity contribution < 1.29 is 28.6 Å². The number of methoxy groups -OCH3 is 1. The highest BCUT2D eigenvalue weighted by Gasteiger charge is 2.23. The molecule has 8 heteroatoms. The van der Waals surface area contributed by atoms with Gasteiger partial charge < -0.3 is 20.5 Å². The van der Waals surface area contributed by atoms with Crippen LogP contribution in [0.25, 0.3) is 0 Å². The lowest BCUT2D eigenvalue weighted by Gasteiger charge is -2.14. The van der Waals surface area contributed by atoms with Crippen molar-refractivity contribution in [3.63, 3.8) is 0 Å². The Labute approximate surface area is 113 Å². The Hall–Kier alpha value is -2.64. The number of benzene rings is 1.